The lowest BCUT2D eigenvalue weighted by molar-refractivity contribution is 0.302. The first-order chi connectivity index (χ1) is 7.31. The van der Waals surface area contributed by atoms with E-state index in [1.165, 1.54) is 0 Å². The molecule has 4 nitrogen and oxygen atoms in total. The number of aliphatic hydroxyl groups excluding tert-OH is 1. The van der Waals surface area contributed by atoms with Gasteiger partial charge in [0.05, 0.1) is 6.61 Å². The summed E-state index contributed by atoms with van der Waals surface area (Å²) in [6, 6.07) is 3.96. The van der Waals surface area contributed by atoms with E-state index in [9.17, 15) is 0 Å². The summed E-state index contributed by atoms with van der Waals surface area (Å²) in [4.78, 5) is 6.32. The van der Waals surface area contributed by atoms with Crippen molar-refractivity contribution in [2.75, 3.05) is 37.0 Å². The monoisotopic (exact) mass is 209 g/mol. The molecule has 0 aliphatic carbocycles. The summed E-state index contributed by atoms with van der Waals surface area (Å²) in [7, 11) is 1.85. The zero-order chi connectivity index (χ0) is 11.1. The van der Waals surface area contributed by atoms with Gasteiger partial charge in [0.2, 0.25) is 0 Å². The highest BCUT2D eigenvalue weighted by atomic mass is 16.3. The number of anilines is 2. The van der Waals surface area contributed by atoms with Crippen LogP contribution in [0.5, 0.6) is 0 Å². The van der Waals surface area contributed by atoms with E-state index < -0.39 is 0 Å². The fraction of sp³-hybridized carbons (Fsp3) is 0.545. The van der Waals surface area contributed by atoms with Crippen LogP contribution >= 0.6 is 0 Å². The van der Waals surface area contributed by atoms with Gasteiger partial charge in [0, 0.05) is 38.1 Å². The Morgan fingerprint density at radius 3 is 2.87 bits per heavy atom. The number of pyridine rings is 1. The van der Waals surface area contributed by atoms with E-state index >= 15 is 0 Å². The summed E-state index contributed by atoms with van der Waals surface area (Å²) in [5, 5.41) is 12.0. The quantitative estimate of drug-likeness (QED) is 0.742. The van der Waals surface area contributed by atoms with E-state index in [1.807, 2.05) is 19.2 Å². The van der Waals surface area contributed by atoms with Gasteiger partial charge in [-0.15, -0.1) is 0 Å². The van der Waals surface area contributed by atoms with E-state index in [-0.39, 0.29) is 6.61 Å². The van der Waals surface area contributed by atoms with Crippen molar-refractivity contribution in [1.29, 1.82) is 0 Å². The minimum absolute atomic E-state index is 0.178. The highest BCUT2D eigenvalue weighted by Gasteiger charge is 2.05. The van der Waals surface area contributed by atoms with Gasteiger partial charge in [-0.25, -0.2) is 4.98 Å². The molecule has 0 aliphatic rings. The van der Waals surface area contributed by atoms with Crippen molar-refractivity contribution in [3.05, 3.63) is 18.3 Å². The van der Waals surface area contributed by atoms with Crippen LogP contribution in [0.1, 0.15) is 13.3 Å². The second-order valence-electron chi connectivity index (χ2n) is 3.36. The molecule has 1 aromatic heterocycles. The zero-order valence-corrected chi connectivity index (χ0v) is 9.40. The number of nitrogens with one attached hydrogen (secondary N) is 1. The van der Waals surface area contributed by atoms with Gasteiger partial charge < -0.3 is 15.3 Å². The Morgan fingerprint density at radius 2 is 2.27 bits per heavy atom. The number of aromatic nitrogens is 1. The van der Waals surface area contributed by atoms with Crippen LogP contribution in [0.2, 0.25) is 0 Å². The van der Waals surface area contributed by atoms with Gasteiger partial charge in [0.1, 0.15) is 5.82 Å². The number of aliphatic hydroxyl groups is 1. The van der Waals surface area contributed by atoms with Gasteiger partial charge in [-0.05, 0) is 12.5 Å². The molecule has 0 radical (unpaired) electrons. The zero-order valence-electron chi connectivity index (χ0n) is 9.40. The van der Waals surface area contributed by atoms with Crippen molar-refractivity contribution in [3.63, 3.8) is 0 Å². The van der Waals surface area contributed by atoms with Crippen LogP contribution in [-0.4, -0.2) is 36.8 Å². The Hall–Kier alpha value is -1.29. The summed E-state index contributed by atoms with van der Waals surface area (Å²) in [6.45, 7) is 3.93. The summed E-state index contributed by atoms with van der Waals surface area (Å²) >= 11 is 0. The Morgan fingerprint density at radius 1 is 1.47 bits per heavy atom. The van der Waals surface area contributed by atoms with Crippen LogP contribution in [0.25, 0.3) is 0 Å². The van der Waals surface area contributed by atoms with E-state index in [1.54, 1.807) is 6.20 Å². The van der Waals surface area contributed by atoms with Crippen LogP contribution in [0.3, 0.4) is 0 Å². The van der Waals surface area contributed by atoms with Gasteiger partial charge in [0.25, 0.3) is 0 Å². The molecule has 1 rings (SSSR count). The van der Waals surface area contributed by atoms with Crippen molar-refractivity contribution in [2.24, 2.45) is 0 Å². The molecule has 15 heavy (non-hydrogen) atoms. The number of rotatable bonds is 6. The molecule has 2 N–H and O–H groups in total. The van der Waals surface area contributed by atoms with Crippen molar-refractivity contribution >= 4 is 11.5 Å². The Kier molecular flexibility index (Phi) is 4.90. The standard InChI is InChI=1S/C11H19N3O/c1-3-6-14(7-8-15)10-4-5-13-11(9-10)12-2/h4-5,9,15H,3,6-8H2,1-2H3,(H,12,13). The summed E-state index contributed by atoms with van der Waals surface area (Å²) < 4.78 is 0. The van der Waals surface area contributed by atoms with E-state index in [2.05, 4.69) is 22.1 Å². The molecular formula is C11H19N3O. The fourth-order valence-electron chi connectivity index (χ4n) is 1.51. The first-order valence-electron chi connectivity index (χ1n) is 5.31. The molecule has 0 bridgehead atoms. The molecule has 0 spiro atoms. The Labute approximate surface area is 90.9 Å². The van der Waals surface area contributed by atoms with E-state index in [4.69, 9.17) is 5.11 Å². The number of nitrogens with zero attached hydrogens (tertiary/aromatic N) is 2. The third-order valence-electron chi connectivity index (χ3n) is 2.23. The van der Waals surface area contributed by atoms with E-state index in [0.29, 0.717) is 6.54 Å². The average molecular weight is 209 g/mol. The largest absolute Gasteiger partial charge is 0.395 e. The maximum Gasteiger partial charge on any atom is 0.127 e. The van der Waals surface area contributed by atoms with Crippen LogP contribution in [-0.2, 0) is 0 Å². The van der Waals surface area contributed by atoms with Gasteiger partial charge in [-0.2, -0.15) is 0 Å². The molecule has 4 heteroatoms. The van der Waals surface area contributed by atoms with Gasteiger partial charge >= 0.3 is 0 Å². The fourth-order valence-corrected chi connectivity index (χ4v) is 1.51. The van der Waals surface area contributed by atoms with Crippen molar-refractivity contribution in [2.45, 2.75) is 13.3 Å². The lowest BCUT2D eigenvalue weighted by atomic mass is 10.3. The van der Waals surface area contributed by atoms with Gasteiger partial charge in [0.15, 0.2) is 0 Å². The third-order valence-corrected chi connectivity index (χ3v) is 2.23. The molecule has 1 aromatic rings. The van der Waals surface area contributed by atoms with Crippen LogP contribution in [0.4, 0.5) is 11.5 Å². The average Bonchev–Trinajstić information content (AvgIpc) is 2.29. The first-order valence-corrected chi connectivity index (χ1v) is 5.31. The number of hydrogen-bond donors (Lipinski definition) is 2. The summed E-state index contributed by atoms with van der Waals surface area (Å²) in [5.74, 6) is 0.853. The summed E-state index contributed by atoms with van der Waals surface area (Å²) in [5.41, 5.74) is 1.10. The molecule has 0 aromatic carbocycles. The topological polar surface area (TPSA) is 48.4 Å². The second-order valence-corrected chi connectivity index (χ2v) is 3.36. The minimum Gasteiger partial charge on any atom is -0.395 e. The molecule has 0 saturated carbocycles. The van der Waals surface area contributed by atoms with E-state index in [0.717, 1.165) is 24.5 Å². The molecule has 1 heterocycles. The molecule has 0 atom stereocenters. The SMILES string of the molecule is CCCN(CCO)c1ccnc(NC)c1. The lowest BCUT2D eigenvalue weighted by Gasteiger charge is -2.23. The predicted octanol–water partition coefficient (Wildman–Crippen LogP) is 1.33. The molecule has 0 aliphatic heterocycles. The maximum absolute atomic E-state index is 8.98. The molecular weight excluding hydrogens is 190 g/mol. The minimum atomic E-state index is 0.178. The lowest BCUT2D eigenvalue weighted by Crippen LogP contribution is -2.27. The van der Waals surface area contributed by atoms with Gasteiger partial charge in [-0.1, -0.05) is 6.92 Å². The first kappa shape index (κ1) is 11.8. The summed E-state index contributed by atoms with van der Waals surface area (Å²) in [6.07, 6.45) is 2.85. The molecule has 0 unspecified atom stereocenters. The highest BCUT2D eigenvalue weighted by Crippen LogP contribution is 2.16. The second kappa shape index (κ2) is 6.24. The van der Waals surface area contributed by atoms with Crippen molar-refractivity contribution < 1.29 is 5.11 Å². The molecule has 0 fully saturated rings. The van der Waals surface area contributed by atoms with Crippen LogP contribution in [0, 0.1) is 0 Å². The number of hydrogen-bond acceptors (Lipinski definition) is 4. The third kappa shape index (κ3) is 3.40. The Bertz CT molecular complexity index is 285. The van der Waals surface area contributed by atoms with Crippen molar-refractivity contribution in [1.82, 2.24) is 4.98 Å². The molecule has 84 valence electrons. The smallest absolute Gasteiger partial charge is 0.127 e. The van der Waals surface area contributed by atoms with Crippen molar-refractivity contribution in [3.8, 4) is 0 Å². The normalized spacial score (nSPS) is 10.1. The molecule has 0 amide bonds. The highest BCUT2D eigenvalue weighted by molar-refractivity contribution is 5.53. The predicted molar refractivity (Wildman–Crippen MR) is 63.4 cm³/mol. The van der Waals surface area contributed by atoms with Crippen LogP contribution < -0.4 is 10.2 Å². The van der Waals surface area contributed by atoms with Gasteiger partial charge in [-0.3, -0.25) is 0 Å². The van der Waals surface area contributed by atoms with Crippen LogP contribution in [0.15, 0.2) is 18.3 Å². The maximum atomic E-state index is 8.98. The Balaban J connectivity index is 2.79. The molecule has 0 saturated heterocycles.